The number of halogens is 1. The third-order valence-electron chi connectivity index (χ3n) is 3.81. The summed E-state index contributed by atoms with van der Waals surface area (Å²) in [6.45, 7) is 7.94. The fourth-order valence-corrected chi connectivity index (χ4v) is 2.66. The minimum atomic E-state index is -0.282. The molecule has 2 rings (SSSR count). The van der Waals surface area contributed by atoms with Crippen LogP contribution in [0.5, 0.6) is 5.75 Å². The first kappa shape index (κ1) is 13.9. The average Bonchev–Trinajstić information content (AvgIpc) is 2.39. The summed E-state index contributed by atoms with van der Waals surface area (Å²) < 4.78 is 19.2. The van der Waals surface area contributed by atoms with Crippen molar-refractivity contribution < 1.29 is 9.13 Å². The number of hydrogen-bond acceptors (Lipinski definition) is 4. The molecule has 0 bridgehead atoms. The lowest BCUT2D eigenvalue weighted by Crippen LogP contribution is -2.52. The van der Waals surface area contributed by atoms with E-state index in [4.69, 9.17) is 10.5 Å². The zero-order valence-corrected chi connectivity index (χ0v) is 11.8. The predicted molar refractivity (Wildman–Crippen MR) is 76.3 cm³/mol. The number of methoxy groups -OCH3 is 1. The third kappa shape index (κ3) is 2.76. The number of nitrogens with zero attached hydrogens (tertiary/aromatic N) is 2. The maximum atomic E-state index is 14.1. The van der Waals surface area contributed by atoms with Crippen molar-refractivity contribution in [2.45, 2.75) is 19.9 Å². The lowest BCUT2D eigenvalue weighted by Gasteiger charge is -2.40. The monoisotopic (exact) mass is 267 g/mol. The SMILES string of the molecule is CCN1CCN(c2cc(OC)c(N)cc2F)CC1C. The first-order valence-electron chi connectivity index (χ1n) is 6.68. The highest BCUT2D eigenvalue weighted by atomic mass is 19.1. The number of hydrogen-bond donors (Lipinski definition) is 1. The molecule has 1 aromatic carbocycles. The van der Waals surface area contributed by atoms with Gasteiger partial charge in [-0.1, -0.05) is 6.92 Å². The van der Waals surface area contributed by atoms with E-state index < -0.39 is 0 Å². The van der Waals surface area contributed by atoms with Gasteiger partial charge in [0.15, 0.2) is 0 Å². The molecule has 0 radical (unpaired) electrons. The van der Waals surface area contributed by atoms with Gasteiger partial charge in [-0.2, -0.15) is 0 Å². The van der Waals surface area contributed by atoms with Crippen LogP contribution in [0.15, 0.2) is 12.1 Å². The summed E-state index contributed by atoms with van der Waals surface area (Å²) in [4.78, 5) is 4.46. The van der Waals surface area contributed by atoms with Crippen LogP contribution in [0.1, 0.15) is 13.8 Å². The van der Waals surface area contributed by atoms with Crippen molar-refractivity contribution in [1.82, 2.24) is 4.90 Å². The molecule has 1 aliphatic rings. The molecule has 0 aliphatic carbocycles. The molecule has 0 spiro atoms. The quantitative estimate of drug-likeness (QED) is 0.850. The first-order valence-corrected chi connectivity index (χ1v) is 6.68. The molecule has 1 aromatic rings. The molecule has 0 saturated carbocycles. The van der Waals surface area contributed by atoms with Crippen LogP contribution >= 0.6 is 0 Å². The van der Waals surface area contributed by atoms with Crippen LogP contribution in [0.2, 0.25) is 0 Å². The zero-order valence-electron chi connectivity index (χ0n) is 11.8. The van der Waals surface area contributed by atoms with Crippen molar-refractivity contribution in [2.24, 2.45) is 0 Å². The van der Waals surface area contributed by atoms with E-state index >= 15 is 0 Å². The maximum absolute atomic E-state index is 14.1. The molecule has 0 amide bonds. The normalized spacial score (nSPS) is 20.6. The van der Waals surface area contributed by atoms with E-state index in [0.29, 0.717) is 23.2 Å². The van der Waals surface area contributed by atoms with E-state index in [-0.39, 0.29) is 5.82 Å². The summed E-state index contributed by atoms with van der Waals surface area (Å²) in [6, 6.07) is 3.45. The van der Waals surface area contributed by atoms with Crippen LogP contribution in [0.25, 0.3) is 0 Å². The van der Waals surface area contributed by atoms with Crippen LogP contribution in [-0.4, -0.2) is 44.2 Å². The van der Waals surface area contributed by atoms with Gasteiger partial charge in [0.25, 0.3) is 0 Å². The van der Waals surface area contributed by atoms with Crippen molar-refractivity contribution in [2.75, 3.05) is 43.9 Å². The molecule has 106 valence electrons. The summed E-state index contributed by atoms with van der Waals surface area (Å²) in [5.74, 6) is 0.248. The van der Waals surface area contributed by atoms with Gasteiger partial charge in [0.05, 0.1) is 18.5 Å². The largest absolute Gasteiger partial charge is 0.495 e. The molecule has 0 aromatic heterocycles. The molecule has 1 saturated heterocycles. The highest BCUT2D eigenvalue weighted by molar-refractivity contribution is 5.63. The molecule has 5 heteroatoms. The van der Waals surface area contributed by atoms with Crippen LogP contribution in [0.3, 0.4) is 0 Å². The van der Waals surface area contributed by atoms with Gasteiger partial charge in [-0.15, -0.1) is 0 Å². The standard InChI is InChI=1S/C14H22FN3O/c1-4-17-5-6-18(9-10(17)2)13-8-14(19-3)12(16)7-11(13)15/h7-8,10H,4-6,9,16H2,1-3H3. The molecule has 1 heterocycles. The van der Waals surface area contributed by atoms with Crippen molar-refractivity contribution in [3.8, 4) is 5.75 Å². The molecular weight excluding hydrogens is 245 g/mol. The van der Waals surface area contributed by atoms with Gasteiger partial charge in [0.2, 0.25) is 0 Å². The Bertz CT molecular complexity index is 453. The van der Waals surface area contributed by atoms with Crippen LogP contribution in [-0.2, 0) is 0 Å². The maximum Gasteiger partial charge on any atom is 0.148 e. The summed E-state index contributed by atoms with van der Waals surface area (Å²) in [5.41, 5.74) is 6.62. The number of nitrogen functional groups attached to an aromatic ring is 1. The highest BCUT2D eigenvalue weighted by Crippen LogP contribution is 2.31. The Kier molecular flexibility index (Phi) is 4.14. The van der Waals surface area contributed by atoms with Gasteiger partial charge < -0.3 is 15.4 Å². The summed E-state index contributed by atoms with van der Waals surface area (Å²) >= 11 is 0. The fraction of sp³-hybridized carbons (Fsp3) is 0.571. The molecule has 2 N–H and O–H groups in total. The Hall–Kier alpha value is -1.49. The minimum Gasteiger partial charge on any atom is -0.495 e. The topological polar surface area (TPSA) is 41.7 Å². The van der Waals surface area contributed by atoms with E-state index in [9.17, 15) is 4.39 Å². The summed E-state index contributed by atoms with van der Waals surface area (Å²) in [5, 5.41) is 0. The second-order valence-electron chi connectivity index (χ2n) is 4.97. The number of benzene rings is 1. The van der Waals surface area contributed by atoms with Crippen molar-refractivity contribution in [1.29, 1.82) is 0 Å². The molecule has 1 atom stereocenters. The molecule has 1 fully saturated rings. The van der Waals surface area contributed by atoms with Crippen molar-refractivity contribution in [3.63, 3.8) is 0 Å². The first-order chi connectivity index (χ1) is 9.06. The fourth-order valence-electron chi connectivity index (χ4n) is 2.66. The average molecular weight is 267 g/mol. The molecule has 1 unspecified atom stereocenters. The van der Waals surface area contributed by atoms with Crippen LogP contribution in [0.4, 0.5) is 15.8 Å². The Morgan fingerprint density at radius 3 is 2.74 bits per heavy atom. The Morgan fingerprint density at radius 2 is 2.16 bits per heavy atom. The van der Waals surface area contributed by atoms with E-state index in [2.05, 4.69) is 23.6 Å². The van der Waals surface area contributed by atoms with Gasteiger partial charge in [-0.3, -0.25) is 4.90 Å². The second-order valence-corrected chi connectivity index (χ2v) is 4.97. The molecule has 19 heavy (non-hydrogen) atoms. The van der Waals surface area contributed by atoms with E-state index in [1.807, 2.05) is 0 Å². The van der Waals surface area contributed by atoms with Gasteiger partial charge in [0, 0.05) is 37.8 Å². The number of ether oxygens (including phenoxy) is 1. The van der Waals surface area contributed by atoms with Crippen LogP contribution < -0.4 is 15.4 Å². The lowest BCUT2D eigenvalue weighted by atomic mass is 10.1. The minimum absolute atomic E-state index is 0.282. The zero-order chi connectivity index (χ0) is 14.0. The number of nitrogens with two attached hydrogens (primary N) is 1. The molecular formula is C14H22FN3O. The van der Waals surface area contributed by atoms with Gasteiger partial charge >= 0.3 is 0 Å². The summed E-state index contributed by atoms with van der Waals surface area (Å²) in [6.07, 6.45) is 0. The molecule has 1 aliphatic heterocycles. The smallest absolute Gasteiger partial charge is 0.148 e. The predicted octanol–water partition coefficient (Wildman–Crippen LogP) is 1.95. The third-order valence-corrected chi connectivity index (χ3v) is 3.81. The Morgan fingerprint density at radius 1 is 1.42 bits per heavy atom. The van der Waals surface area contributed by atoms with E-state index in [0.717, 1.165) is 26.2 Å². The van der Waals surface area contributed by atoms with Crippen molar-refractivity contribution in [3.05, 3.63) is 17.9 Å². The number of piperazine rings is 1. The molecule has 4 nitrogen and oxygen atoms in total. The Labute approximate surface area is 113 Å². The van der Waals surface area contributed by atoms with Crippen LogP contribution in [0, 0.1) is 5.82 Å². The van der Waals surface area contributed by atoms with Gasteiger partial charge in [0.1, 0.15) is 11.6 Å². The van der Waals surface area contributed by atoms with Gasteiger partial charge in [-0.05, 0) is 13.5 Å². The number of rotatable bonds is 3. The highest BCUT2D eigenvalue weighted by Gasteiger charge is 2.24. The number of likely N-dealkylation sites (N-methyl/N-ethyl adjacent to an activating group) is 1. The van der Waals surface area contributed by atoms with E-state index in [1.165, 1.54) is 6.07 Å². The van der Waals surface area contributed by atoms with Gasteiger partial charge in [-0.25, -0.2) is 4.39 Å². The lowest BCUT2D eigenvalue weighted by molar-refractivity contribution is 0.199. The number of anilines is 2. The van der Waals surface area contributed by atoms with E-state index in [1.54, 1.807) is 13.2 Å². The second kappa shape index (κ2) is 5.65. The van der Waals surface area contributed by atoms with Crippen molar-refractivity contribution >= 4 is 11.4 Å². The Balaban J connectivity index is 2.23. The summed E-state index contributed by atoms with van der Waals surface area (Å²) in [7, 11) is 1.55.